The van der Waals surface area contributed by atoms with Gasteiger partial charge in [0.05, 0.1) is 17.3 Å². The number of nitrogens with one attached hydrogen (secondary N) is 2. The molecule has 0 fully saturated rings. The summed E-state index contributed by atoms with van der Waals surface area (Å²) in [5.41, 5.74) is 0.443. The number of nitriles is 2. The lowest BCUT2D eigenvalue weighted by Crippen LogP contribution is -1.95. The Labute approximate surface area is 107 Å². The molecule has 8 heteroatoms. The Morgan fingerprint density at radius 1 is 1.42 bits per heavy atom. The molecule has 7 nitrogen and oxygen atoms in total. The molecule has 0 atom stereocenters. The van der Waals surface area contributed by atoms with Crippen LogP contribution in [0.4, 0.5) is 10.1 Å². The molecule has 0 radical (unpaired) electrons. The molecule has 1 heterocycles. The summed E-state index contributed by atoms with van der Waals surface area (Å²) in [7, 11) is 0. The van der Waals surface area contributed by atoms with Crippen LogP contribution < -0.4 is 5.32 Å². The lowest BCUT2D eigenvalue weighted by molar-refractivity contribution is 0.631. The average molecular weight is 255 g/mol. The van der Waals surface area contributed by atoms with Crippen molar-refractivity contribution >= 4 is 11.3 Å². The van der Waals surface area contributed by atoms with E-state index in [2.05, 4.69) is 25.9 Å². The lowest BCUT2D eigenvalue weighted by atomic mass is 10.2. The van der Waals surface area contributed by atoms with Crippen molar-refractivity contribution in [3.8, 4) is 12.1 Å². The van der Waals surface area contributed by atoms with Crippen molar-refractivity contribution < 1.29 is 4.39 Å². The highest BCUT2D eigenvalue weighted by Gasteiger charge is 2.07. The number of allylic oxidation sites excluding steroid dienone is 1. The number of hydrogen-bond acceptors (Lipinski definition) is 6. The van der Waals surface area contributed by atoms with Crippen LogP contribution in [-0.2, 0) is 0 Å². The molecule has 0 amide bonds. The summed E-state index contributed by atoms with van der Waals surface area (Å²) in [6.45, 7) is 0. The molecule has 0 unspecified atom stereocenters. The zero-order chi connectivity index (χ0) is 13.7. The summed E-state index contributed by atoms with van der Waals surface area (Å²) in [4.78, 5) is 0. The largest absolute Gasteiger partial charge is 0.358 e. The van der Waals surface area contributed by atoms with Gasteiger partial charge in [-0.25, -0.2) is 4.39 Å². The molecule has 1 aromatic carbocycles. The van der Waals surface area contributed by atoms with Gasteiger partial charge in [-0.1, -0.05) is 0 Å². The summed E-state index contributed by atoms with van der Waals surface area (Å²) in [5, 5.41) is 32.9. The summed E-state index contributed by atoms with van der Waals surface area (Å²) < 4.78 is 13.6. The summed E-state index contributed by atoms with van der Waals surface area (Å²) in [6.07, 6.45) is 1.26. The predicted octanol–water partition coefficient (Wildman–Crippen LogP) is 1.19. The first-order chi connectivity index (χ1) is 9.24. The van der Waals surface area contributed by atoms with Crippen LogP contribution in [0.1, 0.15) is 11.4 Å². The number of H-pyrrole nitrogens is 1. The third kappa shape index (κ3) is 2.70. The molecule has 92 valence electrons. The van der Waals surface area contributed by atoms with Gasteiger partial charge in [-0.05, 0) is 23.4 Å². The fourth-order valence-corrected chi connectivity index (χ4v) is 1.27. The number of hydrogen-bond donors (Lipinski definition) is 2. The maximum Gasteiger partial charge on any atom is 0.216 e. The van der Waals surface area contributed by atoms with Gasteiger partial charge in [-0.3, -0.25) is 0 Å². The molecule has 0 bridgehead atoms. The molecular formula is C11H6FN7. The normalized spacial score (nSPS) is 10.6. The van der Waals surface area contributed by atoms with Gasteiger partial charge in [0.1, 0.15) is 17.5 Å². The van der Waals surface area contributed by atoms with Gasteiger partial charge in [0.25, 0.3) is 0 Å². The molecule has 2 aromatic rings. The van der Waals surface area contributed by atoms with Gasteiger partial charge in [-0.15, -0.1) is 10.2 Å². The smallest absolute Gasteiger partial charge is 0.216 e. The average Bonchev–Trinajstić information content (AvgIpc) is 2.95. The second kappa shape index (κ2) is 5.38. The highest BCUT2D eigenvalue weighted by Crippen LogP contribution is 2.16. The summed E-state index contributed by atoms with van der Waals surface area (Å²) in [6, 6.07) is 7.63. The highest BCUT2D eigenvalue weighted by molar-refractivity contribution is 5.74. The number of anilines is 1. The highest BCUT2D eigenvalue weighted by atomic mass is 19.1. The van der Waals surface area contributed by atoms with E-state index in [0.717, 1.165) is 6.07 Å². The monoisotopic (exact) mass is 255 g/mol. The molecule has 19 heavy (non-hydrogen) atoms. The molecule has 0 aliphatic heterocycles. The van der Waals surface area contributed by atoms with Crippen molar-refractivity contribution in [2.75, 3.05) is 5.32 Å². The molecule has 2 N–H and O–H groups in total. The van der Waals surface area contributed by atoms with Gasteiger partial charge in [0.2, 0.25) is 5.82 Å². The second-order valence-electron chi connectivity index (χ2n) is 3.36. The van der Waals surface area contributed by atoms with Crippen LogP contribution in [0.2, 0.25) is 0 Å². The molecule has 0 aliphatic carbocycles. The van der Waals surface area contributed by atoms with Crippen LogP contribution in [0.25, 0.3) is 5.57 Å². The van der Waals surface area contributed by atoms with Crippen molar-refractivity contribution in [3.05, 3.63) is 41.6 Å². The van der Waals surface area contributed by atoms with E-state index < -0.39 is 5.82 Å². The first kappa shape index (κ1) is 12.2. The molecular weight excluding hydrogens is 249 g/mol. The molecule has 2 rings (SSSR count). The standard InChI is InChI=1S/C11H6FN7/c12-9-3-7(4-13)1-2-10(9)15-6-8(5-14)11-16-18-19-17-11/h1-3,6,15H,(H,16,17,18,19). The third-order valence-corrected chi connectivity index (χ3v) is 2.18. The third-order valence-electron chi connectivity index (χ3n) is 2.18. The number of benzene rings is 1. The van der Waals surface area contributed by atoms with Crippen LogP contribution in [0.5, 0.6) is 0 Å². The van der Waals surface area contributed by atoms with E-state index in [9.17, 15) is 4.39 Å². The maximum atomic E-state index is 13.6. The van der Waals surface area contributed by atoms with Crippen molar-refractivity contribution in [3.63, 3.8) is 0 Å². The van der Waals surface area contributed by atoms with Crippen molar-refractivity contribution in [2.45, 2.75) is 0 Å². The van der Waals surface area contributed by atoms with Crippen LogP contribution in [-0.4, -0.2) is 20.6 Å². The van der Waals surface area contributed by atoms with E-state index in [1.807, 2.05) is 12.1 Å². The zero-order valence-electron chi connectivity index (χ0n) is 9.42. The summed E-state index contributed by atoms with van der Waals surface area (Å²) >= 11 is 0. The van der Waals surface area contributed by atoms with E-state index in [-0.39, 0.29) is 22.6 Å². The topological polar surface area (TPSA) is 114 Å². The number of tetrazole rings is 1. The van der Waals surface area contributed by atoms with Crippen LogP contribution in [0.15, 0.2) is 24.4 Å². The van der Waals surface area contributed by atoms with Gasteiger partial charge >= 0.3 is 0 Å². The minimum Gasteiger partial charge on any atom is -0.358 e. The van der Waals surface area contributed by atoms with Gasteiger partial charge in [-0.2, -0.15) is 15.7 Å². The van der Waals surface area contributed by atoms with Crippen LogP contribution >= 0.6 is 0 Å². The zero-order valence-corrected chi connectivity index (χ0v) is 9.42. The lowest BCUT2D eigenvalue weighted by Gasteiger charge is -2.02. The molecule has 1 aromatic heterocycles. The van der Waals surface area contributed by atoms with E-state index in [0.29, 0.717) is 0 Å². The van der Waals surface area contributed by atoms with Gasteiger partial charge < -0.3 is 5.32 Å². The predicted molar refractivity (Wildman–Crippen MR) is 62.5 cm³/mol. The second-order valence-corrected chi connectivity index (χ2v) is 3.36. The van der Waals surface area contributed by atoms with E-state index in [4.69, 9.17) is 10.5 Å². The van der Waals surface area contributed by atoms with Gasteiger partial charge in [0.15, 0.2) is 0 Å². The Bertz CT molecular complexity index is 691. The first-order valence-electron chi connectivity index (χ1n) is 5.05. The minimum atomic E-state index is -0.597. The summed E-state index contributed by atoms with van der Waals surface area (Å²) in [5.74, 6) is -0.496. The quantitative estimate of drug-likeness (QED) is 0.796. The number of aromatic nitrogens is 4. The number of rotatable bonds is 3. The van der Waals surface area contributed by atoms with Gasteiger partial charge in [0, 0.05) is 6.20 Å². The Morgan fingerprint density at radius 3 is 2.84 bits per heavy atom. The Hall–Kier alpha value is -3.26. The van der Waals surface area contributed by atoms with E-state index in [1.165, 1.54) is 18.3 Å². The van der Waals surface area contributed by atoms with Crippen molar-refractivity contribution in [2.24, 2.45) is 0 Å². The molecule has 0 saturated heterocycles. The van der Waals surface area contributed by atoms with Crippen molar-refractivity contribution in [1.29, 1.82) is 10.5 Å². The van der Waals surface area contributed by atoms with Crippen LogP contribution in [0, 0.1) is 28.5 Å². The molecule has 0 aliphatic rings. The number of halogens is 1. The minimum absolute atomic E-state index is 0.0949. The van der Waals surface area contributed by atoms with E-state index >= 15 is 0 Å². The Morgan fingerprint density at radius 2 is 2.26 bits per heavy atom. The molecule has 0 spiro atoms. The SMILES string of the molecule is N#CC(=CNc1ccc(C#N)cc1F)c1nn[nH]n1. The number of nitrogens with zero attached hydrogens (tertiary/aromatic N) is 5. The maximum absolute atomic E-state index is 13.6. The Balaban J connectivity index is 2.23. The first-order valence-corrected chi connectivity index (χ1v) is 5.05. The van der Waals surface area contributed by atoms with Crippen molar-refractivity contribution in [1.82, 2.24) is 20.6 Å². The fraction of sp³-hybridized carbons (Fsp3) is 0. The fourth-order valence-electron chi connectivity index (χ4n) is 1.27. The van der Waals surface area contributed by atoms with E-state index in [1.54, 1.807) is 0 Å². The Kier molecular flexibility index (Phi) is 3.46. The molecule has 0 saturated carbocycles. The van der Waals surface area contributed by atoms with Crippen LogP contribution in [0.3, 0.4) is 0 Å². The number of aromatic amines is 1.